The van der Waals surface area contributed by atoms with Gasteiger partial charge in [0.1, 0.15) is 5.78 Å². The first-order valence-electron chi connectivity index (χ1n) is 6.59. The van der Waals surface area contributed by atoms with Crippen LogP contribution in [0.2, 0.25) is 0 Å². The Morgan fingerprint density at radius 1 is 1.29 bits per heavy atom. The molecule has 0 radical (unpaired) electrons. The van der Waals surface area contributed by atoms with E-state index in [2.05, 4.69) is 36.5 Å². The maximum absolute atomic E-state index is 11.8. The highest BCUT2D eigenvalue weighted by atomic mass is 16.1. The van der Waals surface area contributed by atoms with E-state index in [0.717, 1.165) is 32.2 Å². The number of carbonyl (C=O) groups excluding carboxylic acids is 1. The van der Waals surface area contributed by atoms with Crippen LogP contribution in [0.5, 0.6) is 0 Å². The van der Waals surface area contributed by atoms with Crippen LogP contribution in [0.15, 0.2) is 30.3 Å². The minimum absolute atomic E-state index is 0.105. The van der Waals surface area contributed by atoms with E-state index in [0.29, 0.717) is 12.2 Å². The first-order valence-corrected chi connectivity index (χ1v) is 6.59. The van der Waals surface area contributed by atoms with Crippen LogP contribution in [0.4, 0.5) is 0 Å². The molecule has 2 heteroatoms. The summed E-state index contributed by atoms with van der Waals surface area (Å²) in [5.74, 6) is 0.392. The van der Waals surface area contributed by atoms with Gasteiger partial charge in [0, 0.05) is 12.8 Å². The zero-order valence-corrected chi connectivity index (χ0v) is 10.5. The van der Waals surface area contributed by atoms with Crippen LogP contribution >= 0.6 is 0 Å². The number of hydrogen-bond acceptors (Lipinski definition) is 2. The Bertz CT molecular complexity index is 374. The second kappa shape index (κ2) is 5.46. The van der Waals surface area contributed by atoms with Gasteiger partial charge in [0.05, 0.1) is 5.54 Å². The van der Waals surface area contributed by atoms with Crippen molar-refractivity contribution in [3.63, 3.8) is 0 Å². The predicted octanol–water partition coefficient (Wildman–Crippen LogP) is 3.02. The van der Waals surface area contributed by atoms with Crippen LogP contribution in [0.1, 0.15) is 44.6 Å². The molecule has 17 heavy (non-hydrogen) atoms. The number of ketones is 1. The summed E-state index contributed by atoms with van der Waals surface area (Å²) < 4.78 is 0. The first kappa shape index (κ1) is 12.3. The molecule has 92 valence electrons. The zero-order chi connectivity index (χ0) is 12.1. The summed E-state index contributed by atoms with van der Waals surface area (Å²) in [6.45, 7) is 3.14. The minimum atomic E-state index is -0.105. The fraction of sp³-hybridized carbons (Fsp3) is 0.533. The normalized spacial score (nSPS) is 24.9. The van der Waals surface area contributed by atoms with Gasteiger partial charge in [-0.3, -0.25) is 4.79 Å². The standard InChI is InChI=1S/C15H21NO/c1-2-11-16-15(10-6-9-14(17)12-15)13-7-4-3-5-8-13/h3-5,7-8,16H,2,6,9-12H2,1H3. The molecule has 1 saturated carbocycles. The molecule has 0 spiro atoms. The van der Waals surface area contributed by atoms with Gasteiger partial charge >= 0.3 is 0 Å². The van der Waals surface area contributed by atoms with Gasteiger partial charge in [0.25, 0.3) is 0 Å². The van der Waals surface area contributed by atoms with Crippen molar-refractivity contribution in [3.05, 3.63) is 35.9 Å². The number of rotatable bonds is 4. The lowest BCUT2D eigenvalue weighted by Gasteiger charge is -2.38. The molecule has 2 nitrogen and oxygen atoms in total. The fourth-order valence-electron chi connectivity index (χ4n) is 2.72. The first-order chi connectivity index (χ1) is 8.27. The van der Waals surface area contributed by atoms with Crippen LogP contribution in [0, 0.1) is 0 Å². The third kappa shape index (κ3) is 2.75. The Morgan fingerprint density at radius 2 is 2.06 bits per heavy atom. The van der Waals surface area contributed by atoms with Crippen molar-refractivity contribution in [3.8, 4) is 0 Å². The third-order valence-corrected chi connectivity index (χ3v) is 3.60. The lowest BCUT2D eigenvalue weighted by atomic mass is 9.76. The Balaban J connectivity index is 2.26. The number of Topliss-reactive ketones (excluding diaryl/α,β-unsaturated/α-hetero) is 1. The molecule has 1 aliphatic carbocycles. The molecule has 0 heterocycles. The zero-order valence-electron chi connectivity index (χ0n) is 10.5. The summed E-state index contributed by atoms with van der Waals surface area (Å²) in [5, 5.41) is 3.61. The Morgan fingerprint density at radius 3 is 2.71 bits per heavy atom. The number of carbonyl (C=O) groups is 1. The smallest absolute Gasteiger partial charge is 0.135 e. The maximum atomic E-state index is 11.8. The van der Waals surface area contributed by atoms with E-state index in [9.17, 15) is 4.79 Å². The molecule has 2 rings (SSSR count). The molecule has 0 bridgehead atoms. The van der Waals surface area contributed by atoms with E-state index in [1.54, 1.807) is 0 Å². The second-order valence-corrected chi connectivity index (χ2v) is 4.94. The van der Waals surface area contributed by atoms with E-state index < -0.39 is 0 Å². The maximum Gasteiger partial charge on any atom is 0.135 e. The topological polar surface area (TPSA) is 29.1 Å². The van der Waals surface area contributed by atoms with Gasteiger partial charge in [-0.05, 0) is 31.4 Å². The summed E-state index contributed by atoms with van der Waals surface area (Å²) in [6.07, 6.45) is 4.58. The quantitative estimate of drug-likeness (QED) is 0.863. The number of hydrogen-bond donors (Lipinski definition) is 1. The van der Waals surface area contributed by atoms with Crippen LogP contribution in [0.25, 0.3) is 0 Å². The molecule has 1 atom stereocenters. The van der Waals surface area contributed by atoms with Crippen molar-refractivity contribution < 1.29 is 4.79 Å². The van der Waals surface area contributed by atoms with Gasteiger partial charge in [-0.25, -0.2) is 0 Å². The molecule has 1 aromatic rings. The van der Waals surface area contributed by atoms with Crippen molar-refractivity contribution in [2.45, 2.75) is 44.6 Å². The summed E-state index contributed by atoms with van der Waals surface area (Å²) in [5.41, 5.74) is 1.16. The molecule has 0 aliphatic heterocycles. The predicted molar refractivity (Wildman–Crippen MR) is 69.9 cm³/mol. The van der Waals surface area contributed by atoms with Crippen LogP contribution < -0.4 is 5.32 Å². The highest BCUT2D eigenvalue weighted by Gasteiger charge is 2.36. The Labute approximate surface area is 103 Å². The Hall–Kier alpha value is -1.15. The van der Waals surface area contributed by atoms with Crippen molar-refractivity contribution in [2.24, 2.45) is 0 Å². The summed E-state index contributed by atoms with van der Waals surface area (Å²) in [4.78, 5) is 11.8. The number of benzene rings is 1. The summed E-state index contributed by atoms with van der Waals surface area (Å²) in [7, 11) is 0. The van der Waals surface area contributed by atoms with Crippen LogP contribution in [-0.2, 0) is 10.3 Å². The van der Waals surface area contributed by atoms with Crippen molar-refractivity contribution >= 4 is 5.78 Å². The molecular weight excluding hydrogens is 210 g/mol. The molecule has 0 amide bonds. The lowest BCUT2D eigenvalue weighted by molar-refractivity contribution is -0.122. The second-order valence-electron chi connectivity index (χ2n) is 4.94. The average Bonchev–Trinajstić information content (AvgIpc) is 2.37. The molecular formula is C15H21NO. The fourth-order valence-corrected chi connectivity index (χ4v) is 2.72. The number of nitrogens with one attached hydrogen (secondary N) is 1. The highest BCUT2D eigenvalue weighted by molar-refractivity contribution is 5.80. The van der Waals surface area contributed by atoms with E-state index in [1.807, 2.05) is 6.07 Å². The molecule has 0 saturated heterocycles. The largest absolute Gasteiger partial charge is 0.307 e. The van der Waals surface area contributed by atoms with Gasteiger partial charge in [-0.2, -0.15) is 0 Å². The van der Waals surface area contributed by atoms with Crippen LogP contribution in [0.3, 0.4) is 0 Å². The average molecular weight is 231 g/mol. The Kier molecular flexibility index (Phi) is 3.95. The third-order valence-electron chi connectivity index (χ3n) is 3.60. The molecule has 1 N–H and O–H groups in total. The highest BCUT2D eigenvalue weighted by Crippen LogP contribution is 2.35. The van der Waals surface area contributed by atoms with Crippen molar-refractivity contribution in [1.29, 1.82) is 0 Å². The molecule has 1 aliphatic rings. The molecule has 1 fully saturated rings. The van der Waals surface area contributed by atoms with Gasteiger partial charge in [0.15, 0.2) is 0 Å². The van der Waals surface area contributed by atoms with E-state index in [1.165, 1.54) is 5.56 Å². The van der Waals surface area contributed by atoms with E-state index in [4.69, 9.17) is 0 Å². The van der Waals surface area contributed by atoms with Crippen molar-refractivity contribution in [1.82, 2.24) is 5.32 Å². The summed E-state index contributed by atoms with van der Waals surface area (Å²) >= 11 is 0. The van der Waals surface area contributed by atoms with E-state index in [-0.39, 0.29) is 5.54 Å². The molecule has 0 aromatic heterocycles. The van der Waals surface area contributed by atoms with Gasteiger partial charge < -0.3 is 5.32 Å². The van der Waals surface area contributed by atoms with Gasteiger partial charge in [-0.1, -0.05) is 37.3 Å². The SMILES string of the molecule is CCCNC1(c2ccccc2)CCCC(=O)C1. The molecule has 1 unspecified atom stereocenters. The van der Waals surface area contributed by atoms with Crippen molar-refractivity contribution in [2.75, 3.05) is 6.54 Å². The van der Waals surface area contributed by atoms with Gasteiger partial charge in [-0.15, -0.1) is 0 Å². The summed E-state index contributed by atoms with van der Waals surface area (Å²) in [6, 6.07) is 10.4. The van der Waals surface area contributed by atoms with Gasteiger partial charge in [0.2, 0.25) is 0 Å². The monoisotopic (exact) mass is 231 g/mol. The lowest BCUT2D eigenvalue weighted by Crippen LogP contribution is -2.46. The molecule has 1 aromatic carbocycles. The van der Waals surface area contributed by atoms with Crippen LogP contribution in [-0.4, -0.2) is 12.3 Å². The van der Waals surface area contributed by atoms with E-state index >= 15 is 0 Å². The minimum Gasteiger partial charge on any atom is -0.307 e.